The van der Waals surface area contributed by atoms with E-state index < -0.39 is 9.84 Å². The Morgan fingerprint density at radius 2 is 2.24 bits per heavy atom. The molecule has 1 heterocycles. The minimum absolute atomic E-state index is 0.207. The van der Waals surface area contributed by atoms with Crippen molar-refractivity contribution in [2.75, 3.05) is 30.9 Å². The summed E-state index contributed by atoms with van der Waals surface area (Å²) in [6.07, 6.45) is 3.67. The largest absolute Gasteiger partial charge is 0.388 e. The maximum Gasteiger partial charge on any atom is 0.164 e. The van der Waals surface area contributed by atoms with Gasteiger partial charge in [-0.05, 0) is 19.4 Å². The quantitative estimate of drug-likeness (QED) is 0.420. The van der Waals surface area contributed by atoms with E-state index in [9.17, 15) is 8.42 Å². The molecule has 1 rings (SSSR count). The minimum atomic E-state index is -2.99. The molecular weight excluding hydrogens is 258 g/mol. The molecule has 17 heavy (non-hydrogen) atoms. The third-order valence-corrected chi connectivity index (χ3v) is 5.51. The lowest BCUT2D eigenvalue weighted by atomic mass is 10.2. The zero-order valence-electron chi connectivity index (χ0n) is 10.2. The van der Waals surface area contributed by atoms with Crippen LogP contribution >= 0.6 is 11.8 Å². The van der Waals surface area contributed by atoms with Crippen LogP contribution in [-0.4, -0.2) is 55.4 Å². The van der Waals surface area contributed by atoms with Gasteiger partial charge in [0, 0.05) is 30.7 Å². The molecule has 0 aliphatic carbocycles. The summed E-state index contributed by atoms with van der Waals surface area (Å²) in [7, 11) is -2.99. The van der Waals surface area contributed by atoms with Gasteiger partial charge in [-0.15, -0.1) is 0 Å². The van der Waals surface area contributed by atoms with Gasteiger partial charge in [-0.1, -0.05) is 0 Å². The van der Waals surface area contributed by atoms with Gasteiger partial charge in [-0.25, -0.2) is 8.42 Å². The SMILES string of the molecule is CS(=O)(=O)C1CSCCN1CCCCC(=N)N. The van der Waals surface area contributed by atoms with Gasteiger partial charge in [0.05, 0.1) is 5.84 Å². The fourth-order valence-corrected chi connectivity index (χ4v) is 4.87. The fourth-order valence-electron chi connectivity index (χ4n) is 1.90. The summed E-state index contributed by atoms with van der Waals surface area (Å²) in [6, 6.07) is 0. The van der Waals surface area contributed by atoms with Crippen LogP contribution in [0.3, 0.4) is 0 Å². The molecule has 0 spiro atoms. The van der Waals surface area contributed by atoms with Crippen LogP contribution in [0.1, 0.15) is 19.3 Å². The first-order chi connectivity index (χ1) is 7.91. The molecule has 1 unspecified atom stereocenters. The van der Waals surface area contributed by atoms with Crippen molar-refractivity contribution < 1.29 is 8.42 Å². The molecule has 0 saturated carbocycles. The summed E-state index contributed by atoms with van der Waals surface area (Å²) in [5.74, 6) is 1.88. The average molecular weight is 279 g/mol. The third kappa shape index (κ3) is 5.27. The molecule has 0 radical (unpaired) electrons. The first-order valence-electron chi connectivity index (χ1n) is 5.75. The van der Waals surface area contributed by atoms with E-state index in [4.69, 9.17) is 11.1 Å². The monoisotopic (exact) mass is 279 g/mol. The number of sulfone groups is 1. The number of unbranched alkanes of at least 4 members (excludes halogenated alkanes) is 1. The molecule has 1 fully saturated rings. The summed E-state index contributed by atoms with van der Waals surface area (Å²) in [4.78, 5) is 2.05. The van der Waals surface area contributed by atoms with Crippen molar-refractivity contribution >= 4 is 27.4 Å². The topological polar surface area (TPSA) is 87.2 Å². The zero-order valence-corrected chi connectivity index (χ0v) is 11.8. The van der Waals surface area contributed by atoms with Crippen LogP contribution in [0.25, 0.3) is 0 Å². The van der Waals surface area contributed by atoms with Crippen LogP contribution in [0.15, 0.2) is 0 Å². The van der Waals surface area contributed by atoms with E-state index in [0.29, 0.717) is 12.2 Å². The van der Waals surface area contributed by atoms with Crippen molar-refractivity contribution in [1.82, 2.24) is 4.90 Å². The number of nitrogens with two attached hydrogens (primary N) is 1. The molecular formula is C10H21N3O2S2. The molecule has 100 valence electrons. The summed E-state index contributed by atoms with van der Waals surface area (Å²) < 4.78 is 23.3. The van der Waals surface area contributed by atoms with Gasteiger partial charge in [-0.2, -0.15) is 11.8 Å². The standard InChI is InChI=1S/C10H21N3O2S2/c1-17(14,15)10-8-16-7-6-13(10)5-3-2-4-9(11)12/h10H,2-8H2,1H3,(H3,11,12). The van der Waals surface area contributed by atoms with E-state index in [1.54, 1.807) is 11.8 Å². The number of thioether (sulfide) groups is 1. The second kappa shape index (κ2) is 6.61. The lowest BCUT2D eigenvalue weighted by Gasteiger charge is -2.33. The van der Waals surface area contributed by atoms with Crippen LogP contribution in [0.2, 0.25) is 0 Å². The third-order valence-electron chi connectivity index (χ3n) is 2.83. The molecule has 1 atom stereocenters. The normalized spacial score (nSPS) is 22.5. The second-order valence-corrected chi connectivity index (χ2v) is 7.73. The molecule has 0 aromatic heterocycles. The lowest BCUT2D eigenvalue weighted by molar-refractivity contribution is 0.265. The van der Waals surface area contributed by atoms with Crippen molar-refractivity contribution in [3.8, 4) is 0 Å². The Labute approximate surface area is 108 Å². The summed E-state index contributed by atoms with van der Waals surface area (Å²) in [6.45, 7) is 1.62. The van der Waals surface area contributed by atoms with Gasteiger partial charge in [-0.3, -0.25) is 10.3 Å². The summed E-state index contributed by atoms with van der Waals surface area (Å²) in [5, 5.41) is 6.79. The number of rotatable bonds is 6. The number of amidine groups is 1. The van der Waals surface area contributed by atoms with E-state index >= 15 is 0 Å². The average Bonchev–Trinajstić information content (AvgIpc) is 2.23. The highest BCUT2D eigenvalue weighted by atomic mass is 32.2. The number of hydrogen-bond donors (Lipinski definition) is 2. The van der Waals surface area contributed by atoms with Crippen LogP contribution in [0.5, 0.6) is 0 Å². The highest BCUT2D eigenvalue weighted by molar-refractivity contribution is 8.00. The van der Waals surface area contributed by atoms with E-state index in [1.807, 2.05) is 4.90 Å². The van der Waals surface area contributed by atoms with Crippen molar-refractivity contribution in [1.29, 1.82) is 5.41 Å². The van der Waals surface area contributed by atoms with Gasteiger partial charge < -0.3 is 5.73 Å². The lowest BCUT2D eigenvalue weighted by Crippen LogP contribution is -2.47. The Kier molecular flexibility index (Phi) is 5.75. The summed E-state index contributed by atoms with van der Waals surface area (Å²) in [5.41, 5.74) is 5.28. The second-order valence-electron chi connectivity index (χ2n) is 4.38. The van der Waals surface area contributed by atoms with Crippen molar-refractivity contribution in [3.63, 3.8) is 0 Å². The molecule has 0 aromatic carbocycles. The van der Waals surface area contributed by atoms with E-state index in [0.717, 1.165) is 31.7 Å². The Bertz CT molecular complexity index is 357. The molecule has 5 nitrogen and oxygen atoms in total. The molecule has 1 saturated heterocycles. The van der Waals surface area contributed by atoms with E-state index in [2.05, 4.69) is 0 Å². The van der Waals surface area contributed by atoms with Crippen LogP contribution in [0.4, 0.5) is 0 Å². The molecule has 3 N–H and O–H groups in total. The van der Waals surface area contributed by atoms with Crippen molar-refractivity contribution in [3.05, 3.63) is 0 Å². The van der Waals surface area contributed by atoms with E-state index in [-0.39, 0.29) is 11.2 Å². The van der Waals surface area contributed by atoms with Crippen LogP contribution in [0, 0.1) is 5.41 Å². The predicted octanol–water partition coefficient (Wildman–Crippen LogP) is 0.512. The van der Waals surface area contributed by atoms with Crippen molar-refractivity contribution in [2.45, 2.75) is 24.6 Å². The van der Waals surface area contributed by atoms with E-state index in [1.165, 1.54) is 6.26 Å². The van der Waals surface area contributed by atoms with Gasteiger partial charge in [0.1, 0.15) is 5.37 Å². The highest BCUT2D eigenvalue weighted by Gasteiger charge is 2.30. The molecule has 1 aliphatic rings. The Morgan fingerprint density at radius 1 is 1.53 bits per heavy atom. The molecule has 7 heteroatoms. The van der Waals surface area contributed by atoms with Gasteiger partial charge in [0.15, 0.2) is 9.84 Å². The Morgan fingerprint density at radius 3 is 2.82 bits per heavy atom. The maximum absolute atomic E-state index is 11.6. The Hall–Kier alpha value is -0.270. The van der Waals surface area contributed by atoms with Gasteiger partial charge in [0.25, 0.3) is 0 Å². The van der Waals surface area contributed by atoms with Crippen molar-refractivity contribution in [2.24, 2.45) is 5.73 Å². The molecule has 0 amide bonds. The fraction of sp³-hybridized carbons (Fsp3) is 0.900. The number of nitrogens with one attached hydrogen (secondary N) is 1. The predicted molar refractivity (Wildman–Crippen MR) is 73.3 cm³/mol. The minimum Gasteiger partial charge on any atom is -0.388 e. The Balaban J connectivity index is 2.41. The number of nitrogens with zero attached hydrogens (tertiary/aromatic N) is 1. The highest BCUT2D eigenvalue weighted by Crippen LogP contribution is 2.20. The van der Waals surface area contributed by atoms with Crippen LogP contribution in [-0.2, 0) is 9.84 Å². The molecule has 0 bridgehead atoms. The molecule has 0 aromatic rings. The zero-order chi connectivity index (χ0) is 12.9. The number of hydrogen-bond acceptors (Lipinski definition) is 5. The van der Waals surface area contributed by atoms with Gasteiger partial charge >= 0.3 is 0 Å². The summed E-state index contributed by atoms with van der Waals surface area (Å²) >= 11 is 1.70. The van der Waals surface area contributed by atoms with Gasteiger partial charge in [0.2, 0.25) is 0 Å². The first-order valence-corrected chi connectivity index (χ1v) is 8.86. The maximum atomic E-state index is 11.6. The van der Waals surface area contributed by atoms with Crippen LogP contribution < -0.4 is 5.73 Å². The first kappa shape index (κ1) is 14.8. The molecule has 1 aliphatic heterocycles. The smallest absolute Gasteiger partial charge is 0.164 e.